The Kier molecular flexibility index (Phi) is 3.11. The van der Waals surface area contributed by atoms with Gasteiger partial charge in [0.25, 0.3) is 0 Å². The number of Topliss-reactive ketones (excluding diaryl/α,β-unsaturated/α-hetero) is 1. The highest BCUT2D eigenvalue weighted by atomic mass is 16.5. The van der Waals surface area contributed by atoms with Crippen molar-refractivity contribution in [3.63, 3.8) is 0 Å². The van der Waals surface area contributed by atoms with Gasteiger partial charge in [-0.05, 0) is 13.0 Å². The monoisotopic (exact) mass is 209 g/mol. The number of hydrogen-bond donors (Lipinski definition) is 0. The van der Waals surface area contributed by atoms with E-state index < -0.39 is 0 Å². The molecule has 2 heterocycles. The summed E-state index contributed by atoms with van der Waals surface area (Å²) in [5, 5.41) is 3.87. The minimum absolute atomic E-state index is 0.306. The Balaban J connectivity index is 1.93. The predicted octanol–water partition coefficient (Wildman–Crippen LogP) is 0.797. The summed E-state index contributed by atoms with van der Waals surface area (Å²) in [5.41, 5.74) is 0. The van der Waals surface area contributed by atoms with Gasteiger partial charge in [0, 0.05) is 12.8 Å². The summed E-state index contributed by atoms with van der Waals surface area (Å²) in [6.07, 6.45) is 2.41. The van der Waals surface area contributed by atoms with Gasteiger partial charge in [0.1, 0.15) is 5.78 Å². The number of aromatic nitrogens is 2. The van der Waals surface area contributed by atoms with Crippen molar-refractivity contribution in [3.8, 4) is 0 Å². The van der Waals surface area contributed by atoms with Crippen molar-refractivity contribution in [2.75, 3.05) is 13.1 Å². The van der Waals surface area contributed by atoms with Gasteiger partial charge >= 0.3 is 0 Å². The molecule has 0 bridgehead atoms. The van der Waals surface area contributed by atoms with Crippen LogP contribution in [0.1, 0.15) is 31.5 Å². The van der Waals surface area contributed by atoms with Gasteiger partial charge in [-0.2, -0.15) is 4.98 Å². The molecular formula is C10H15N3O2. The molecule has 0 aliphatic carbocycles. The molecule has 0 aromatic carbocycles. The van der Waals surface area contributed by atoms with Gasteiger partial charge in [-0.15, -0.1) is 0 Å². The lowest BCUT2D eigenvalue weighted by Gasteiger charge is -2.23. The molecule has 0 radical (unpaired) electrons. The van der Waals surface area contributed by atoms with Crippen molar-refractivity contribution < 1.29 is 9.32 Å². The van der Waals surface area contributed by atoms with Crippen molar-refractivity contribution in [1.29, 1.82) is 0 Å². The third kappa shape index (κ3) is 2.62. The summed E-state index contributed by atoms with van der Waals surface area (Å²) in [5.74, 6) is 1.65. The smallest absolute Gasteiger partial charge is 0.226 e. The molecule has 1 aromatic heterocycles. The number of ketones is 1. The summed E-state index contributed by atoms with van der Waals surface area (Å²) in [7, 11) is 0. The SMILES string of the molecule is CCc1nc(CN2CCCC(=O)C2)no1. The summed E-state index contributed by atoms with van der Waals surface area (Å²) in [6.45, 7) is 4.06. The molecule has 1 aliphatic heterocycles. The first-order valence-corrected chi connectivity index (χ1v) is 5.33. The zero-order valence-corrected chi connectivity index (χ0v) is 8.90. The number of aryl methyl sites for hydroxylation is 1. The number of carbonyl (C=O) groups excluding carboxylic acids is 1. The Labute approximate surface area is 88.5 Å². The fourth-order valence-electron chi connectivity index (χ4n) is 1.74. The lowest BCUT2D eigenvalue weighted by molar-refractivity contribution is -0.122. The van der Waals surface area contributed by atoms with E-state index in [1.807, 2.05) is 6.92 Å². The first kappa shape index (κ1) is 10.3. The van der Waals surface area contributed by atoms with Crippen LogP contribution in [0.3, 0.4) is 0 Å². The topological polar surface area (TPSA) is 59.2 Å². The second kappa shape index (κ2) is 4.53. The van der Waals surface area contributed by atoms with Crippen LogP contribution >= 0.6 is 0 Å². The molecule has 0 atom stereocenters. The largest absolute Gasteiger partial charge is 0.339 e. The second-order valence-electron chi connectivity index (χ2n) is 3.81. The third-order valence-electron chi connectivity index (χ3n) is 2.51. The Morgan fingerprint density at radius 1 is 1.53 bits per heavy atom. The molecule has 5 nitrogen and oxygen atoms in total. The quantitative estimate of drug-likeness (QED) is 0.736. The van der Waals surface area contributed by atoms with Gasteiger partial charge in [0.05, 0.1) is 13.1 Å². The molecule has 0 amide bonds. The maximum Gasteiger partial charge on any atom is 0.226 e. The second-order valence-corrected chi connectivity index (χ2v) is 3.81. The molecule has 0 N–H and O–H groups in total. The van der Waals surface area contributed by atoms with Crippen LogP contribution in [-0.2, 0) is 17.8 Å². The van der Waals surface area contributed by atoms with E-state index in [0.717, 1.165) is 19.4 Å². The average Bonchev–Trinajstić information content (AvgIpc) is 2.65. The molecule has 1 fully saturated rings. The number of piperidine rings is 1. The van der Waals surface area contributed by atoms with E-state index in [2.05, 4.69) is 15.0 Å². The van der Waals surface area contributed by atoms with Crippen LogP contribution in [0.2, 0.25) is 0 Å². The average molecular weight is 209 g/mol. The molecule has 1 aliphatic rings. The summed E-state index contributed by atoms with van der Waals surface area (Å²) in [4.78, 5) is 17.5. The molecule has 5 heteroatoms. The maximum absolute atomic E-state index is 11.2. The zero-order valence-electron chi connectivity index (χ0n) is 8.90. The van der Waals surface area contributed by atoms with Crippen LogP contribution in [0.4, 0.5) is 0 Å². The fourth-order valence-corrected chi connectivity index (χ4v) is 1.74. The van der Waals surface area contributed by atoms with E-state index in [4.69, 9.17) is 4.52 Å². The third-order valence-corrected chi connectivity index (χ3v) is 2.51. The van der Waals surface area contributed by atoms with Crippen molar-refractivity contribution in [2.45, 2.75) is 32.7 Å². The number of nitrogens with zero attached hydrogens (tertiary/aromatic N) is 3. The molecule has 0 unspecified atom stereocenters. The number of carbonyl (C=O) groups is 1. The highest BCUT2D eigenvalue weighted by molar-refractivity contribution is 5.81. The van der Waals surface area contributed by atoms with Crippen molar-refractivity contribution in [2.24, 2.45) is 0 Å². The minimum atomic E-state index is 0.306. The van der Waals surface area contributed by atoms with E-state index >= 15 is 0 Å². The molecular weight excluding hydrogens is 194 g/mol. The molecule has 1 aromatic rings. The molecule has 0 saturated carbocycles. The molecule has 0 spiro atoms. The number of likely N-dealkylation sites (tertiary alicyclic amines) is 1. The van der Waals surface area contributed by atoms with Gasteiger partial charge < -0.3 is 4.52 Å². The van der Waals surface area contributed by atoms with Crippen molar-refractivity contribution in [3.05, 3.63) is 11.7 Å². The predicted molar refractivity (Wildman–Crippen MR) is 53.2 cm³/mol. The highest BCUT2D eigenvalue weighted by Crippen LogP contribution is 2.09. The van der Waals surface area contributed by atoms with Crippen LogP contribution in [0.5, 0.6) is 0 Å². The minimum Gasteiger partial charge on any atom is -0.339 e. The fraction of sp³-hybridized carbons (Fsp3) is 0.700. The lowest BCUT2D eigenvalue weighted by Crippen LogP contribution is -2.35. The molecule has 15 heavy (non-hydrogen) atoms. The van der Waals surface area contributed by atoms with Gasteiger partial charge in [-0.3, -0.25) is 9.69 Å². The zero-order chi connectivity index (χ0) is 10.7. The Morgan fingerprint density at radius 2 is 2.40 bits per heavy atom. The van der Waals surface area contributed by atoms with Gasteiger partial charge in [0.15, 0.2) is 5.82 Å². The van der Waals surface area contributed by atoms with E-state index in [0.29, 0.717) is 37.0 Å². The van der Waals surface area contributed by atoms with E-state index in [-0.39, 0.29) is 0 Å². The van der Waals surface area contributed by atoms with Crippen LogP contribution < -0.4 is 0 Å². The normalized spacial score (nSPS) is 18.3. The summed E-state index contributed by atoms with van der Waals surface area (Å²) in [6, 6.07) is 0. The van der Waals surface area contributed by atoms with Gasteiger partial charge in [0.2, 0.25) is 5.89 Å². The molecule has 1 saturated heterocycles. The van der Waals surface area contributed by atoms with Crippen molar-refractivity contribution in [1.82, 2.24) is 15.0 Å². The Morgan fingerprint density at radius 3 is 3.07 bits per heavy atom. The van der Waals surface area contributed by atoms with E-state index in [9.17, 15) is 4.79 Å². The van der Waals surface area contributed by atoms with Crippen LogP contribution in [-0.4, -0.2) is 33.9 Å². The maximum atomic E-state index is 11.2. The first-order chi connectivity index (χ1) is 7.28. The highest BCUT2D eigenvalue weighted by Gasteiger charge is 2.18. The van der Waals surface area contributed by atoms with E-state index in [1.165, 1.54) is 0 Å². The van der Waals surface area contributed by atoms with E-state index in [1.54, 1.807) is 0 Å². The van der Waals surface area contributed by atoms with Crippen LogP contribution in [0.25, 0.3) is 0 Å². The summed E-state index contributed by atoms with van der Waals surface area (Å²) < 4.78 is 5.01. The standard InChI is InChI=1S/C10H15N3O2/c1-2-10-11-9(12-15-10)7-13-5-3-4-8(14)6-13/h2-7H2,1H3. The van der Waals surface area contributed by atoms with Gasteiger partial charge in [-0.25, -0.2) is 0 Å². The van der Waals surface area contributed by atoms with Crippen LogP contribution in [0.15, 0.2) is 4.52 Å². The van der Waals surface area contributed by atoms with Gasteiger partial charge in [-0.1, -0.05) is 12.1 Å². The number of rotatable bonds is 3. The summed E-state index contributed by atoms with van der Waals surface area (Å²) >= 11 is 0. The number of hydrogen-bond acceptors (Lipinski definition) is 5. The first-order valence-electron chi connectivity index (χ1n) is 5.33. The molecule has 2 rings (SSSR count). The molecule has 82 valence electrons. The van der Waals surface area contributed by atoms with Crippen molar-refractivity contribution >= 4 is 5.78 Å². The van der Waals surface area contributed by atoms with Crippen LogP contribution in [0, 0.1) is 0 Å². The Bertz CT molecular complexity index is 348. The Hall–Kier alpha value is -1.23. The lowest BCUT2D eigenvalue weighted by atomic mass is 10.1.